The summed E-state index contributed by atoms with van der Waals surface area (Å²) in [5, 5.41) is 13.2. The fourth-order valence-electron chi connectivity index (χ4n) is 2.88. The van der Waals surface area contributed by atoms with Crippen LogP contribution in [0.5, 0.6) is 5.75 Å². The molecule has 0 saturated heterocycles. The van der Waals surface area contributed by atoms with Crippen molar-refractivity contribution >= 4 is 16.7 Å². The number of carbonyl (C=O) groups excluding carboxylic acids is 1. The molecular formula is C21H19N5O3. The normalized spacial score (nSPS) is 10.8. The number of benzene rings is 2. The second-order valence-corrected chi connectivity index (χ2v) is 6.35. The van der Waals surface area contributed by atoms with Gasteiger partial charge >= 0.3 is 0 Å². The van der Waals surface area contributed by atoms with Crippen LogP contribution in [0.4, 0.5) is 0 Å². The monoisotopic (exact) mass is 389 g/mol. The summed E-state index contributed by atoms with van der Waals surface area (Å²) in [6.07, 6.45) is 3.37. The first-order valence-corrected chi connectivity index (χ1v) is 9.15. The van der Waals surface area contributed by atoms with Crippen LogP contribution in [0.3, 0.4) is 0 Å². The van der Waals surface area contributed by atoms with E-state index in [1.807, 2.05) is 42.5 Å². The van der Waals surface area contributed by atoms with Gasteiger partial charge in [-0.1, -0.05) is 30.3 Å². The van der Waals surface area contributed by atoms with Gasteiger partial charge in [-0.3, -0.25) is 9.59 Å². The van der Waals surface area contributed by atoms with E-state index >= 15 is 0 Å². The van der Waals surface area contributed by atoms with Crippen LogP contribution in [-0.4, -0.2) is 38.6 Å². The molecule has 29 heavy (non-hydrogen) atoms. The van der Waals surface area contributed by atoms with Crippen molar-refractivity contribution in [1.82, 2.24) is 24.9 Å². The van der Waals surface area contributed by atoms with Crippen LogP contribution in [0.1, 0.15) is 0 Å². The molecule has 8 nitrogen and oxygen atoms in total. The molecule has 1 amide bonds. The lowest BCUT2D eigenvalue weighted by atomic mass is 10.1. The van der Waals surface area contributed by atoms with Crippen molar-refractivity contribution < 1.29 is 9.53 Å². The van der Waals surface area contributed by atoms with Gasteiger partial charge in [-0.2, -0.15) is 5.10 Å². The largest absolute Gasteiger partial charge is 0.484 e. The van der Waals surface area contributed by atoms with E-state index in [4.69, 9.17) is 4.74 Å². The van der Waals surface area contributed by atoms with Gasteiger partial charge in [0.1, 0.15) is 5.75 Å². The summed E-state index contributed by atoms with van der Waals surface area (Å²) < 4.78 is 8.42. The lowest BCUT2D eigenvalue weighted by Gasteiger charge is -2.10. The molecule has 0 aliphatic heterocycles. The topological polar surface area (TPSA) is 91.0 Å². The molecule has 4 rings (SSSR count). The maximum atomic E-state index is 12.1. The Kier molecular flexibility index (Phi) is 5.33. The summed E-state index contributed by atoms with van der Waals surface area (Å²) in [6.45, 7) is 0.402. The van der Waals surface area contributed by atoms with E-state index in [1.165, 1.54) is 10.7 Å². The third-order valence-electron chi connectivity index (χ3n) is 4.33. The zero-order valence-corrected chi connectivity index (χ0v) is 15.6. The fourth-order valence-corrected chi connectivity index (χ4v) is 2.88. The van der Waals surface area contributed by atoms with Gasteiger partial charge in [-0.25, -0.2) is 9.36 Å². The van der Waals surface area contributed by atoms with Gasteiger partial charge in [0.2, 0.25) is 0 Å². The SMILES string of the molecule is O=C(COc1ccc2ccccc2c1)NCCn1nc(-n2cccn2)ccc1=O. The van der Waals surface area contributed by atoms with Gasteiger partial charge in [0.05, 0.1) is 6.54 Å². The molecule has 0 fully saturated rings. The van der Waals surface area contributed by atoms with Gasteiger partial charge in [-0.05, 0) is 35.0 Å². The van der Waals surface area contributed by atoms with E-state index in [-0.39, 0.29) is 31.2 Å². The van der Waals surface area contributed by atoms with Gasteiger partial charge in [0, 0.05) is 25.0 Å². The van der Waals surface area contributed by atoms with E-state index in [0.717, 1.165) is 10.8 Å². The average molecular weight is 389 g/mol. The third-order valence-corrected chi connectivity index (χ3v) is 4.33. The molecule has 0 radical (unpaired) electrons. The van der Waals surface area contributed by atoms with Crippen molar-refractivity contribution in [3.05, 3.63) is 83.4 Å². The van der Waals surface area contributed by atoms with Crippen LogP contribution < -0.4 is 15.6 Å². The highest BCUT2D eigenvalue weighted by Gasteiger charge is 2.06. The van der Waals surface area contributed by atoms with Crippen LogP contribution in [0.2, 0.25) is 0 Å². The molecular weight excluding hydrogens is 370 g/mol. The van der Waals surface area contributed by atoms with Crippen molar-refractivity contribution in [3.8, 4) is 11.6 Å². The molecule has 2 aromatic heterocycles. The Balaban J connectivity index is 1.29. The Morgan fingerprint density at radius 2 is 1.90 bits per heavy atom. The van der Waals surface area contributed by atoms with E-state index in [9.17, 15) is 9.59 Å². The fraction of sp³-hybridized carbons (Fsp3) is 0.143. The van der Waals surface area contributed by atoms with Crippen molar-refractivity contribution in [2.24, 2.45) is 0 Å². The smallest absolute Gasteiger partial charge is 0.266 e. The number of carbonyl (C=O) groups is 1. The zero-order chi connectivity index (χ0) is 20.1. The van der Waals surface area contributed by atoms with Gasteiger partial charge in [0.15, 0.2) is 12.4 Å². The molecule has 4 aromatic rings. The predicted molar refractivity (Wildman–Crippen MR) is 108 cm³/mol. The minimum absolute atomic E-state index is 0.103. The van der Waals surface area contributed by atoms with Crippen LogP contribution in [0, 0.1) is 0 Å². The highest BCUT2D eigenvalue weighted by Crippen LogP contribution is 2.20. The van der Waals surface area contributed by atoms with E-state index in [0.29, 0.717) is 11.6 Å². The molecule has 2 heterocycles. The van der Waals surface area contributed by atoms with E-state index in [2.05, 4.69) is 15.5 Å². The molecule has 0 aliphatic carbocycles. The molecule has 8 heteroatoms. The highest BCUT2D eigenvalue weighted by atomic mass is 16.5. The van der Waals surface area contributed by atoms with Gasteiger partial charge in [0.25, 0.3) is 11.5 Å². The standard InChI is InChI=1S/C21H19N5O3/c27-20(15-29-18-7-6-16-4-1-2-5-17(16)14-18)22-11-13-26-21(28)9-8-19(24-26)25-12-3-10-23-25/h1-10,12,14H,11,13,15H2,(H,22,27). The minimum Gasteiger partial charge on any atom is -0.484 e. The maximum Gasteiger partial charge on any atom is 0.266 e. The second kappa shape index (κ2) is 8.39. The Morgan fingerprint density at radius 3 is 2.72 bits per heavy atom. The number of rotatable bonds is 7. The summed E-state index contributed by atoms with van der Waals surface area (Å²) in [5.74, 6) is 0.888. The molecule has 146 valence electrons. The zero-order valence-electron chi connectivity index (χ0n) is 15.6. The Morgan fingerprint density at radius 1 is 1.03 bits per heavy atom. The Bertz CT molecular complexity index is 1180. The summed E-state index contributed by atoms with van der Waals surface area (Å²) in [6, 6.07) is 18.4. The average Bonchev–Trinajstić information content (AvgIpc) is 3.28. The number of nitrogens with one attached hydrogen (secondary N) is 1. The first kappa shape index (κ1) is 18.4. The lowest BCUT2D eigenvalue weighted by Crippen LogP contribution is -2.34. The first-order chi connectivity index (χ1) is 14.2. The molecule has 0 saturated carbocycles. The van der Waals surface area contributed by atoms with Crippen LogP contribution in [-0.2, 0) is 11.3 Å². The van der Waals surface area contributed by atoms with Crippen LogP contribution in [0.15, 0.2) is 77.9 Å². The van der Waals surface area contributed by atoms with Crippen LogP contribution in [0.25, 0.3) is 16.6 Å². The number of hydrogen-bond donors (Lipinski definition) is 1. The molecule has 0 aliphatic rings. The quantitative estimate of drug-likeness (QED) is 0.520. The minimum atomic E-state index is -0.269. The number of hydrogen-bond acceptors (Lipinski definition) is 5. The summed E-state index contributed by atoms with van der Waals surface area (Å²) in [7, 11) is 0. The maximum absolute atomic E-state index is 12.1. The summed E-state index contributed by atoms with van der Waals surface area (Å²) in [5.41, 5.74) is -0.248. The van der Waals surface area contributed by atoms with Crippen molar-refractivity contribution in [2.45, 2.75) is 6.54 Å². The van der Waals surface area contributed by atoms with Gasteiger partial charge < -0.3 is 10.1 Å². The molecule has 0 atom stereocenters. The highest BCUT2D eigenvalue weighted by molar-refractivity contribution is 5.84. The Labute approximate surface area is 166 Å². The van der Waals surface area contributed by atoms with Crippen LogP contribution >= 0.6 is 0 Å². The number of amides is 1. The third kappa shape index (κ3) is 4.49. The molecule has 0 bridgehead atoms. The lowest BCUT2D eigenvalue weighted by molar-refractivity contribution is -0.123. The molecule has 1 N–H and O–H groups in total. The van der Waals surface area contributed by atoms with Crippen molar-refractivity contribution in [3.63, 3.8) is 0 Å². The summed E-state index contributed by atoms with van der Waals surface area (Å²) in [4.78, 5) is 24.0. The Hall–Kier alpha value is -3.94. The number of nitrogens with zero attached hydrogens (tertiary/aromatic N) is 4. The molecule has 0 unspecified atom stereocenters. The summed E-state index contributed by atoms with van der Waals surface area (Å²) >= 11 is 0. The second-order valence-electron chi connectivity index (χ2n) is 6.35. The number of ether oxygens (including phenoxy) is 1. The van der Waals surface area contributed by atoms with Crippen molar-refractivity contribution in [2.75, 3.05) is 13.2 Å². The predicted octanol–water partition coefficient (Wildman–Crippen LogP) is 1.78. The first-order valence-electron chi connectivity index (χ1n) is 9.15. The van der Waals surface area contributed by atoms with E-state index < -0.39 is 0 Å². The van der Waals surface area contributed by atoms with Gasteiger partial charge in [-0.15, -0.1) is 5.10 Å². The molecule has 2 aromatic carbocycles. The van der Waals surface area contributed by atoms with E-state index in [1.54, 1.807) is 29.2 Å². The number of fused-ring (bicyclic) bond motifs is 1. The number of aromatic nitrogens is 4. The van der Waals surface area contributed by atoms with Crippen molar-refractivity contribution in [1.29, 1.82) is 0 Å². The molecule has 0 spiro atoms.